The Kier molecular flexibility index (Phi) is 7.05. The molecular formula is C30H26O4. The lowest BCUT2D eigenvalue weighted by atomic mass is 9.97. The molecule has 0 radical (unpaired) electrons. The summed E-state index contributed by atoms with van der Waals surface area (Å²) in [5.74, 6) is 9.51. The standard InChI is InChI=1S/C30H26O4/c1-31-27-17-15-23(19-29(27)33-3)25-11-7-5-9-21(25)13-14-22-10-6-8-12-26(22)24-16-18-28(32-2)30(20-24)34-4/h5-12,15-20H,1-4H3. The first kappa shape index (κ1) is 22.8. The lowest BCUT2D eigenvalue weighted by Crippen LogP contribution is -1.92. The van der Waals surface area contributed by atoms with Crippen LogP contribution in [0.5, 0.6) is 23.0 Å². The molecule has 4 rings (SSSR count). The molecule has 0 atom stereocenters. The van der Waals surface area contributed by atoms with Crippen LogP contribution in [-0.2, 0) is 0 Å². The van der Waals surface area contributed by atoms with Gasteiger partial charge in [-0.3, -0.25) is 0 Å². The van der Waals surface area contributed by atoms with Crippen molar-refractivity contribution in [3.8, 4) is 57.1 Å². The molecule has 170 valence electrons. The van der Waals surface area contributed by atoms with Crippen molar-refractivity contribution in [2.45, 2.75) is 0 Å². The summed E-state index contributed by atoms with van der Waals surface area (Å²) in [5, 5.41) is 0. The maximum atomic E-state index is 5.49. The Morgan fingerprint density at radius 1 is 0.441 bits per heavy atom. The van der Waals surface area contributed by atoms with Crippen LogP contribution < -0.4 is 18.9 Å². The Morgan fingerprint density at radius 3 is 1.21 bits per heavy atom. The second-order valence-corrected chi connectivity index (χ2v) is 7.48. The molecule has 0 spiro atoms. The van der Waals surface area contributed by atoms with Crippen LogP contribution in [0, 0.1) is 11.8 Å². The average Bonchev–Trinajstić information content (AvgIpc) is 2.91. The van der Waals surface area contributed by atoms with Gasteiger partial charge in [0.25, 0.3) is 0 Å². The molecule has 0 N–H and O–H groups in total. The molecule has 0 aliphatic carbocycles. The minimum Gasteiger partial charge on any atom is -0.493 e. The highest BCUT2D eigenvalue weighted by Gasteiger charge is 2.10. The second kappa shape index (κ2) is 10.5. The van der Waals surface area contributed by atoms with E-state index in [-0.39, 0.29) is 0 Å². The molecule has 34 heavy (non-hydrogen) atoms. The van der Waals surface area contributed by atoms with Gasteiger partial charge in [0.15, 0.2) is 23.0 Å². The van der Waals surface area contributed by atoms with Gasteiger partial charge < -0.3 is 18.9 Å². The summed E-state index contributed by atoms with van der Waals surface area (Å²) in [6, 6.07) is 28.0. The van der Waals surface area contributed by atoms with Crippen LogP contribution in [0.3, 0.4) is 0 Å². The molecule has 0 fully saturated rings. The quantitative estimate of drug-likeness (QED) is 0.316. The molecule has 0 aliphatic rings. The Balaban J connectivity index is 1.76. The first-order chi connectivity index (χ1) is 16.7. The van der Waals surface area contributed by atoms with Gasteiger partial charge in [-0.1, -0.05) is 60.4 Å². The third-order valence-electron chi connectivity index (χ3n) is 5.58. The zero-order chi connectivity index (χ0) is 23.9. The Labute approximate surface area is 200 Å². The first-order valence-corrected chi connectivity index (χ1v) is 10.8. The molecule has 0 saturated carbocycles. The number of hydrogen-bond donors (Lipinski definition) is 0. The van der Waals surface area contributed by atoms with E-state index in [1.165, 1.54) is 0 Å². The van der Waals surface area contributed by atoms with Crippen molar-refractivity contribution in [1.82, 2.24) is 0 Å². The average molecular weight is 451 g/mol. The number of rotatable bonds is 6. The maximum Gasteiger partial charge on any atom is 0.161 e. The summed E-state index contributed by atoms with van der Waals surface area (Å²) in [6.45, 7) is 0. The monoisotopic (exact) mass is 450 g/mol. The van der Waals surface area contributed by atoms with Crippen LogP contribution in [0.2, 0.25) is 0 Å². The number of hydrogen-bond acceptors (Lipinski definition) is 4. The zero-order valence-corrected chi connectivity index (χ0v) is 19.7. The number of methoxy groups -OCH3 is 4. The van der Waals surface area contributed by atoms with Gasteiger partial charge in [-0.2, -0.15) is 0 Å². The van der Waals surface area contributed by atoms with Crippen molar-refractivity contribution in [3.63, 3.8) is 0 Å². The fraction of sp³-hybridized carbons (Fsp3) is 0.133. The number of benzene rings is 4. The second-order valence-electron chi connectivity index (χ2n) is 7.48. The smallest absolute Gasteiger partial charge is 0.161 e. The van der Waals surface area contributed by atoms with E-state index in [1.54, 1.807) is 28.4 Å². The molecule has 4 aromatic rings. The SMILES string of the molecule is COc1ccc(-c2ccccc2C#Cc2ccccc2-c2ccc(OC)c(OC)c2)cc1OC. The predicted octanol–water partition coefficient (Wildman–Crippen LogP) is 6.45. The van der Waals surface area contributed by atoms with Crippen LogP contribution in [-0.4, -0.2) is 28.4 Å². The fourth-order valence-corrected chi connectivity index (χ4v) is 3.83. The van der Waals surface area contributed by atoms with Gasteiger partial charge in [0.2, 0.25) is 0 Å². The summed E-state index contributed by atoms with van der Waals surface area (Å²) >= 11 is 0. The van der Waals surface area contributed by atoms with Crippen molar-refractivity contribution in [1.29, 1.82) is 0 Å². The molecule has 0 saturated heterocycles. The summed E-state index contributed by atoms with van der Waals surface area (Å²) in [7, 11) is 6.54. The molecule has 0 bridgehead atoms. The van der Waals surface area contributed by atoms with Crippen molar-refractivity contribution in [2.75, 3.05) is 28.4 Å². The van der Waals surface area contributed by atoms with E-state index in [4.69, 9.17) is 18.9 Å². The summed E-state index contributed by atoms with van der Waals surface area (Å²) in [6.07, 6.45) is 0. The van der Waals surface area contributed by atoms with Crippen molar-refractivity contribution in [2.24, 2.45) is 0 Å². The highest BCUT2D eigenvalue weighted by molar-refractivity contribution is 5.76. The van der Waals surface area contributed by atoms with Crippen molar-refractivity contribution < 1.29 is 18.9 Å². The summed E-state index contributed by atoms with van der Waals surface area (Å²) in [5.41, 5.74) is 5.93. The van der Waals surface area contributed by atoms with Crippen molar-refractivity contribution >= 4 is 0 Å². The van der Waals surface area contributed by atoms with Crippen LogP contribution >= 0.6 is 0 Å². The highest BCUT2D eigenvalue weighted by atomic mass is 16.5. The van der Waals surface area contributed by atoms with E-state index in [9.17, 15) is 0 Å². The Hall–Kier alpha value is -4.36. The van der Waals surface area contributed by atoms with Gasteiger partial charge in [0.05, 0.1) is 28.4 Å². The van der Waals surface area contributed by atoms with Crippen LogP contribution in [0.15, 0.2) is 84.9 Å². The molecule has 4 aromatic carbocycles. The molecular weight excluding hydrogens is 424 g/mol. The fourth-order valence-electron chi connectivity index (χ4n) is 3.83. The lowest BCUT2D eigenvalue weighted by Gasteiger charge is -2.11. The highest BCUT2D eigenvalue weighted by Crippen LogP contribution is 2.35. The van der Waals surface area contributed by atoms with E-state index < -0.39 is 0 Å². The summed E-state index contributed by atoms with van der Waals surface area (Å²) < 4.78 is 21.7. The molecule has 0 amide bonds. The van der Waals surface area contributed by atoms with Gasteiger partial charge >= 0.3 is 0 Å². The minimum absolute atomic E-state index is 0.682. The molecule has 0 aromatic heterocycles. The maximum absolute atomic E-state index is 5.49. The Bertz CT molecular complexity index is 1260. The summed E-state index contributed by atoms with van der Waals surface area (Å²) in [4.78, 5) is 0. The Morgan fingerprint density at radius 2 is 0.824 bits per heavy atom. The first-order valence-electron chi connectivity index (χ1n) is 10.8. The molecule has 4 nitrogen and oxygen atoms in total. The van der Waals surface area contributed by atoms with E-state index in [0.29, 0.717) is 23.0 Å². The van der Waals surface area contributed by atoms with Crippen LogP contribution in [0.1, 0.15) is 11.1 Å². The van der Waals surface area contributed by atoms with Crippen LogP contribution in [0.25, 0.3) is 22.3 Å². The molecule has 4 heteroatoms. The predicted molar refractivity (Wildman–Crippen MR) is 136 cm³/mol. The zero-order valence-electron chi connectivity index (χ0n) is 19.7. The minimum atomic E-state index is 0.682. The largest absolute Gasteiger partial charge is 0.493 e. The number of ether oxygens (including phenoxy) is 4. The molecule has 0 heterocycles. The molecule has 0 aliphatic heterocycles. The van der Waals surface area contributed by atoms with Gasteiger partial charge in [-0.25, -0.2) is 0 Å². The van der Waals surface area contributed by atoms with E-state index in [0.717, 1.165) is 33.4 Å². The van der Waals surface area contributed by atoms with Gasteiger partial charge in [0.1, 0.15) is 0 Å². The third kappa shape index (κ3) is 4.69. The molecule has 0 unspecified atom stereocenters. The van der Waals surface area contributed by atoms with E-state index in [2.05, 4.69) is 24.0 Å². The third-order valence-corrected chi connectivity index (χ3v) is 5.58. The normalized spacial score (nSPS) is 10.1. The topological polar surface area (TPSA) is 36.9 Å². The van der Waals surface area contributed by atoms with Crippen molar-refractivity contribution in [3.05, 3.63) is 96.1 Å². The van der Waals surface area contributed by atoms with Gasteiger partial charge in [-0.05, 0) is 58.7 Å². The van der Waals surface area contributed by atoms with Gasteiger partial charge in [-0.15, -0.1) is 0 Å². The lowest BCUT2D eigenvalue weighted by molar-refractivity contribution is 0.355. The van der Waals surface area contributed by atoms with Gasteiger partial charge in [0, 0.05) is 11.1 Å². The van der Waals surface area contributed by atoms with Crippen LogP contribution in [0.4, 0.5) is 0 Å². The van der Waals surface area contributed by atoms with E-state index >= 15 is 0 Å². The van der Waals surface area contributed by atoms with E-state index in [1.807, 2.05) is 72.8 Å².